The largest absolute Gasteiger partial charge is 0.425 e. The van der Waals surface area contributed by atoms with Crippen LogP contribution < -0.4 is 18.9 Å². The van der Waals surface area contributed by atoms with Crippen molar-refractivity contribution < 1.29 is 57.3 Å². The number of benzene rings is 4. The molecule has 12 heteroatoms. The fourth-order valence-corrected chi connectivity index (χ4v) is 7.42. The lowest BCUT2D eigenvalue weighted by molar-refractivity contribution is -0.155. The molecule has 0 fully saturated rings. The van der Waals surface area contributed by atoms with Crippen LogP contribution in [0, 0.1) is 35.5 Å². The summed E-state index contributed by atoms with van der Waals surface area (Å²) in [4.78, 5) is 114. The molecule has 0 radical (unpaired) electrons. The number of esters is 4. The number of carbonyl (C=O) groups is 8. The van der Waals surface area contributed by atoms with E-state index in [-0.39, 0.29) is 45.3 Å². The maximum absolute atomic E-state index is 14.4. The third kappa shape index (κ3) is 4.60. The van der Waals surface area contributed by atoms with Crippen LogP contribution in [0.3, 0.4) is 0 Å². The summed E-state index contributed by atoms with van der Waals surface area (Å²) in [6.07, 6.45) is 0. The molecule has 0 N–H and O–H groups in total. The second-order valence-corrected chi connectivity index (χ2v) is 12.2. The molecule has 246 valence electrons. The molecule has 12 nitrogen and oxygen atoms in total. The smallest absolute Gasteiger partial charge is 0.322 e. The molecular weight excluding hydrogens is 648 g/mol. The maximum Gasteiger partial charge on any atom is 0.322 e. The highest BCUT2D eigenvalue weighted by Gasteiger charge is 2.63. The number of rotatable bonds is 5. The van der Waals surface area contributed by atoms with Crippen molar-refractivity contribution in [3.05, 3.63) is 119 Å². The predicted octanol–water partition coefficient (Wildman–Crippen LogP) is 3.89. The van der Waals surface area contributed by atoms with Gasteiger partial charge in [-0.2, -0.15) is 0 Å². The van der Waals surface area contributed by atoms with Gasteiger partial charge in [0.15, 0.2) is 23.1 Å². The molecule has 0 bridgehead atoms. The molecule has 4 aliphatic rings. The zero-order valence-electron chi connectivity index (χ0n) is 25.6. The van der Waals surface area contributed by atoms with E-state index >= 15 is 0 Å². The van der Waals surface area contributed by atoms with Crippen LogP contribution >= 0.6 is 0 Å². The fourth-order valence-electron chi connectivity index (χ4n) is 7.42. The van der Waals surface area contributed by atoms with E-state index in [0.717, 1.165) is 0 Å². The minimum absolute atomic E-state index is 0.108. The Morgan fingerprint density at radius 2 is 0.520 bits per heavy atom. The lowest BCUT2D eigenvalue weighted by atomic mass is 9.58. The number of Topliss-reactive ketones (excluding diaryl/α,β-unsaturated/α-hetero) is 4. The van der Waals surface area contributed by atoms with Gasteiger partial charge in [-0.15, -0.1) is 0 Å². The van der Waals surface area contributed by atoms with Gasteiger partial charge in [-0.3, -0.25) is 38.4 Å². The molecule has 0 aliphatic carbocycles. The van der Waals surface area contributed by atoms with E-state index in [9.17, 15) is 38.4 Å². The van der Waals surface area contributed by atoms with Crippen LogP contribution in [0.15, 0.2) is 97.1 Å². The molecule has 8 rings (SSSR count). The van der Waals surface area contributed by atoms with Gasteiger partial charge in [-0.05, 0) is 48.5 Å². The van der Waals surface area contributed by atoms with Crippen molar-refractivity contribution in [2.24, 2.45) is 35.5 Å². The minimum Gasteiger partial charge on any atom is -0.425 e. The van der Waals surface area contributed by atoms with E-state index in [4.69, 9.17) is 18.9 Å². The highest BCUT2D eigenvalue weighted by atomic mass is 16.6. The normalized spacial score (nSPS) is 23.6. The SMILES string of the molecule is O=C1Oc2ccccc2C(=O)C1C(C1C(=O)Oc2ccccc2C1=O)C(C1C(=O)Oc2ccccc2C1=O)C1C(=O)Oc2ccccc2C1=O. The van der Waals surface area contributed by atoms with E-state index in [0.29, 0.717) is 0 Å². The van der Waals surface area contributed by atoms with Crippen molar-refractivity contribution in [2.75, 3.05) is 0 Å². The molecule has 4 aromatic carbocycles. The molecule has 0 amide bonds. The molecule has 50 heavy (non-hydrogen) atoms. The average Bonchev–Trinajstić information content (AvgIpc) is 3.10. The average molecular weight is 671 g/mol. The van der Waals surface area contributed by atoms with Gasteiger partial charge < -0.3 is 18.9 Å². The lowest BCUT2D eigenvalue weighted by Gasteiger charge is -2.43. The number of ketones is 4. The maximum atomic E-state index is 14.4. The van der Waals surface area contributed by atoms with Gasteiger partial charge in [0.2, 0.25) is 0 Å². The molecular formula is C38H22O12. The first-order chi connectivity index (χ1) is 24.2. The molecule has 4 heterocycles. The van der Waals surface area contributed by atoms with E-state index < -0.39 is 82.5 Å². The third-order valence-corrected chi connectivity index (χ3v) is 9.58. The summed E-state index contributed by atoms with van der Waals surface area (Å²) in [5.74, 6) is -21.6. The zero-order chi connectivity index (χ0) is 34.8. The van der Waals surface area contributed by atoms with Gasteiger partial charge in [0.25, 0.3) is 0 Å². The van der Waals surface area contributed by atoms with Gasteiger partial charge in [0, 0.05) is 11.8 Å². The molecule has 4 aromatic rings. The first kappa shape index (κ1) is 30.8. The second kappa shape index (κ2) is 11.5. The highest BCUT2D eigenvalue weighted by molar-refractivity contribution is 6.20. The van der Waals surface area contributed by atoms with Gasteiger partial charge in [-0.1, -0.05) is 48.5 Å². The molecule has 0 spiro atoms. The van der Waals surface area contributed by atoms with E-state index in [1.165, 1.54) is 97.1 Å². The van der Waals surface area contributed by atoms with Gasteiger partial charge in [0.05, 0.1) is 22.3 Å². The van der Waals surface area contributed by atoms with Gasteiger partial charge in [0.1, 0.15) is 46.7 Å². The summed E-state index contributed by atoms with van der Waals surface area (Å²) >= 11 is 0. The Hall–Kier alpha value is -6.56. The van der Waals surface area contributed by atoms with Crippen molar-refractivity contribution in [3.63, 3.8) is 0 Å². The number of hydrogen-bond donors (Lipinski definition) is 0. The molecule has 4 atom stereocenters. The summed E-state index contributed by atoms with van der Waals surface area (Å²) < 4.78 is 22.2. The van der Waals surface area contributed by atoms with Crippen LogP contribution in [0.2, 0.25) is 0 Å². The molecule has 4 unspecified atom stereocenters. The standard InChI is InChI=1S/C38H22O12/c39-31-17-9-1-5-13-21(17)47-35(43)27(31)25(28-32(40)18-10-2-6-14-22(18)48-36(28)44)26(29-33(41)19-11-3-7-15-23(19)49-37(29)45)30-34(42)20-12-4-8-16-24(20)50-38(30)46/h1-16,25-30H. The molecule has 0 saturated heterocycles. The molecule has 0 aromatic heterocycles. The van der Waals surface area contributed by atoms with Crippen LogP contribution in [0.4, 0.5) is 0 Å². The van der Waals surface area contributed by atoms with Gasteiger partial charge in [-0.25, -0.2) is 0 Å². The van der Waals surface area contributed by atoms with Crippen LogP contribution in [0.1, 0.15) is 41.4 Å². The highest BCUT2D eigenvalue weighted by Crippen LogP contribution is 2.50. The predicted molar refractivity (Wildman–Crippen MR) is 167 cm³/mol. The third-order valence-electron chi connectivity index (χ3n) is 9.58. The number of para-hydroxylation sites is 4. The number of hydrogen-bond acceptors (Lipinski definition) is 12. The summed E-state index contributed by atoms with van der Waals surface area (Å²) in [5.41, 5.74) is -0.431. The lowest BCUT2D eigenvalue weighted by Crippen LogP contribution is -2.58. The summed E-state index contributed by atoms with van der Waals surface area (Å²) in [6.45, 7) is 0. The molecule has 0 saturated carbocycles. The van der Waals surface area contributed by atoms with Gasteiger partial charge >= 0.3 is 23.9 Å². The Balaban J connectivity index is 1.40. The van der Waals surface area contributed by atoms with Crippen LogP contribution in [-0.4, -0.2) is 47.0 Å². The Morgan fingerprint density at radius 3 is 0.740 bits per heavy atom. The quantitative estimate of drug-likeness (QED) is 0.171. The van der Waals surface area contributed by atoms with E-state index in [1.54, 1.807) is 0 Å². The van der Waals surface area contributed by atoms with E-state index in [2.05, 4.69) is 0 Å². The Labute approximate surface area is 281 Å². The first-order valence-corrected chi connectivity index (χ1v) is 15.6. The fraction of sp³-hybridized carbons (Fsp3) is 0.158. The Bertz CT molecular complexity index is 1920. The summed E-state index contributed by atoms with van der Waals surface area (Å²) in [5, 5.41) is 0. The number of carbonyl (C=O) groups excluding carboxylic acids is 8. The second-order valence-electron chi connectivity index (χ2n) is 12.2. The van der Waals surface area contributed by atoms with Crippen LogP contribution in [0.25, 0.3) is 0 Å². The van der Waals surface area contributed by atoms with Crippen molar-refractivity contribution in [2.45, 2.75) is 0 Å². The topological polar surface area (TPSA) is 173 Å². The zero-order valence-corrected chi connectivity index (χ0v) is 25.6. The van der Waals surface area contributed by atoms with Crippen molar-refractivity contribution >= 4 is 47.0 Å². The monoisotopic (exact) mass is 670 g/mol. The first-order valence-electron chi connectivity index (χ1n) is 15.6. The molecule has 4 aliphatic heterocycles. The van der Waals surface area contributed by atoms with Crippen molar-refractivity contribution in [1.29, 1.82) is 0 Å². The number of ether oxygens (including phenoxy) is 4. The summed E-state index contributed by atoms with van der Waals surface area (Å²) in [7, 11) is 0. The minimum atomic E-state index is -2.09. The Morgan fingerprint density at radius 1 is 0.320 bits per heavy atom. The van der Waals surface area contributed by atoms with Crippen molar-refractivity contribution in [1.82, 2.24) is 0 Å². The van der Waals surface area contributed by atoms with Crippen molar-refractivity contribution in [3.8, 4) is 23.0 Å². The number of fused-ring (bicyclic) bond motifs is 4. The Kier molecular flexibility index (Phi) is 7.10. The van der Waals surface area contributed by atoms with E-state index in [1.807, 2.05) is 0 Å². The van der Waals surface area contributed by atoms with Crippen LogP contribution in [-0.2, 0) is 19.2 Å². The van der Waals surface area contributed by atoms with Crippen LogP contribution in [0.5, 0.6) is 23.0 Å². The summed E-state index contributed by atoms with van der Waals surface area (Å²) in [6, 6.07) is 22.9.